The van der Waals surface area contributed by atoms with Gasteiger partial charge in [-0.3, -0.25) is 4.79 Å². The first kappa shape index (κ1) is 16.6. The standard InChI is InChI=1S/C17H19NO5/c1-4-13-12(17(20)21)9-15(23-13)16(19)18(2)10-11-7-5-6-8-14(11)22-3/h5-9H,4,10H2,1-3H3,(H,20,21). The maximum Gasteiger partial charge on any atom is 0.339 e. The normalized spacial score (nSPS) is 10.4. The fourth-order valence-electron chi connectivity index (χ4n) is 2.33. The van der Waals surface area contributed by atoms with Crippen molar-refractivity contribution in [3.63, 3.8) is 0 Å². The zero-order chi connectivity index (χ0) is 17.0. The molecule has 122 valence electrons. The number of para-hydroxylation sites is 1. The molecule has 0 bridgehead atoms. The van der Waals surface area contributed by atoms with Crippen LogP contribution in [0.2, 0.25) is 0 Å². The second-order valence-corrected chi connectivity index (χ2v) is 5.08. The summed E-state index contributed by atoms with van der Waals surface area (Å²) in [6.07, 6.45) is 0.408. The van der Waals surface area contributed by atoms with Gasteiger partial charge in [-0.05, 0) is 6.07 Å². The number of aryl methyl sites for hydroxylation is 1. The van der Waals surface area contributed by atoms with E-state index in [2.05, 4.69) is 0 Å². The molecule has 6 heteroatoms. The van der Waals surface area contributed by atoms with Crippen LogP contribution in [0.4, 0.5) is 0 Å². The second-order valence-electron chi connectivity index (χ2n) is 5.08. The number of rotatable bonds is 6. The van der Waals surface area contributed by atoms with Crippen molar-refractivity contribution in [2.75, 3.05) is 14.2 Å². The van der Waals surface area contributed by atoms with Crippen LogP contribution in [0.1, 0.15) is 39.2 Å². The zero-order valence-electron chi connectivity index (χ0n) is 13.3. The Morgan fingerprint density at radius 1 is 1.30 bits per heavy atom. The summed E-state index contributed by atoms with van der Waals surface area (Å²) in [6.45, 7) is 2.10. The predicted octanol–water partition coefficient (Wildman–Crippen LogP) is 2.82. The number of ether oxygens (including phenoxy) is 1. The highest BCUT2D eigenvalue weighted by Gasteiger charge is 2.22. The van der Waals surface area contributed by atoms with Crippen LogP contribution in [-0.4, -0.2) is 36.0 Å². The average molecular weight is 317 g/mol. The summed E-state index contributed by atoms with van der Waals surface area (Å²) in [6, 6.07) is 8.68. The van der Waals surface area contributed by atoms with Gasteiger partial charge in [-0.15, -0.1) is 0 Å². The van der Waals surface area contributed by atoms with Gasteiger partial charge in [0, 0.05) is 31.6 Å². The summed E-state index contributed by atoms with van der Waals surface area (Å²) in [5.74, 6) is -0.467. The van der Waals surface area contributed by atoms with Gasteiger partial charge >= 0.3 is 5.97 Å². The molecule has 0 aliphatic heterocycles. The molecule has 0 fully saturated rings. The lowest BCUT2D eigenvalue weighted by molar-refractivity contribution is 0.0692. The summed E-state index contributed by atoms with van der Waals surface area (Å²) in [5, 5.41) is 9.13. The zero-order valence-corrected chi connectivity index (χ0v) is 13.3. The van der Waals surface area contributed by atoms with Gasteiger partial charge < -0.3 is 19.2 Å². The molecule has 1 aromatic carbocycles. The molecule has 1 N–H and O–H groups in total. The third-order valence-corrected chi connectivity index (χ3v) is 3.52. The van der Waals surface area contributed by atoms with Crippen LogP contribution in [0.15, 0.2) is 34.7 Å². The first-order valence-corrected chi connectivity index (χ1v) is 7.21. The summed E-state index contributed by atoms with van der Waals surface area (Å²) >= 11 is 0. The van der Waals surface area contributed by atoms with E-state index in [1.54, 1.807) is 21.1 Å². The van der Waals surface area contributed by atoms with Gasteiger partial charge in [0.2, 0.25) is 0 Å². The van der Waals surface area contributed by atoms with E-state index in [4.69, 9.17) is 14.3 Å². The van der Waals surface area contributed by atoms with Crippen molar-refractivity contribution in [3.8, 4) is 5.75 Å². The molecule has 2 aromatic rings. The van der Waals surface area contributed by atoms with Gasteiger partial charge in [-0.25, -0.2) is 4.79 Å². The Labute approximate surface area is 134 Å². The minimum Gasteiger partial charge on any atom is -0.496 e. The van der Waals surface area contributed by atoms with E-state index in [1.165, 1.54) is 11.0 Å². The highest BCUT2D eigenvalue weighted by molar-refractivity contribution is 5.96. The van der Waals surface area contributed by atoms with E-state index in [9.17, 15) is 9.59 Å². The van der Waals surface area contributed by atoms with Crippen LogP contribution >= 0.6 is 0 Å². The van der Waals surface area contributed by atoms with Gasteiger partial charge in [-0.1, -0.05) is 25.1 Å². The third kappa shape index (κ3) is 3.53. The van der Waals surface area contributed by atoms with Crippen LogP contribution in [-0.2, 0) is 13.0 Å². The number of carbonyl (C=O) groups is 2. The van der Waals surface area contributed by atoms with Gasteiger partial charge in [0.05, 0.1) is 7.11 Å². The average Bonchev–Trinajstić information content (AvgIpc) is 2.99. The van der Waals surface area contributed by atoms with E-state index in [-0.39, 0.29) is 17.2 Å². The summed E-state index contributed by atoms with van der Waals surface area (Å²) in [5.41, 5.74) is 0.883. The predicted molar refractivity (Wildman–Crippen MR) is 83.8 cm³/mol. The number of carboxylic acids is 1. The van der Waals surface area contributed by atoms with Gasteiger partial charge in [0.15, 0.2) is 5.76 Å². The smallest absolute Gasteiger partial charge is 0.339 e. The number of methoxy groups -OCH3 is 1. The minimum atomic E-state index is -1.10. The largest absolute Gasteiger partial charge is 0.496 e. The highest BCUT2D eigenvalue weighted by atomic mass is 16.5. The SMILES string of the molecule is CCc1oc(C(=O)N(C)Cc2ccccc2OC)cc1C(=O)O. The van der Waals surface area contributed by atoms with Crippen LogP contribution in [0.25, 0.3) is 0 Å². The molecule has 1 aromatic heterocycles. The maximum absolute atomic E-state index is 12.5. The molecule has 0 aliphatic rings. The Hall–Kier alpha value is -2.76. The third-order valence-electron chi connectivity index (χ3n) is 3.52. The van der Waals surface area contributed by atoms with Crippen LogP contribution in [0.3, 0.4) is 0 Å². The fourth-order valence-corrected chi connectivity index (χ4v) is 2.33. The summed E-state index contributed by atoms with van der Waals surface area (Å²) in [4.78, 5) is 25.1. The Kier molecular flexibility index (Phi) is 5.05. The number of amides is 1. The van der Waals surface area contributed by atoms with E-state index in [0.29, 0.717) is 24.5 Å². The molecule has 0 saturated carbocycles. The number of aromatic carboxylic acids is 1. The summed E-state index contributed by atoms with van der Waals surface area (Å²) in [7, 11) is 3.20. The van der Waals surface area contributed by atoms with E-state index in [1.807, 2.05) is 24.3 Å². The number of benzene rings is 1. The lowest BCUT2D eigenvalue weighted by atomic mass is 10.2. The van der Waals surface area contributed by atoms with Crippen molar-refractivity contribution in [1.82, 2.24) is 4.90 Å². The Balaban J connectivity index is 2.21. The van der Waals surface area contributed by atoms with Gasteiger partial charge in [-0.2, -0.15) is 0 Å². The molecule has 2 rings (SSSR count). The number of carboxylic acid groups (broad SMARTS) is 1. The molecule has 1 heterocycles. The Morgan fingerprint density at radius 3 is 2.57 bits per heavy atom. The topological polar surface area (TPSA) is 80.0 Å². The first-order chi connectivity index (χ1) is 11.0. The molecule has 0 atom stereocenters. The number of hydrogen-bond donors (Lipinski definition) is 1. The van der Waals surface area contributed by atoms with E-state index in [0.717, 1.165) is 5.56 Å². The number of hydrogen-bond acceptors (Lipinski definition) is 4. The van der Waals surface area contributed by atoms with E-state index >= 15 is 0 Å². The molecule has 0 aliphatic carbocycles. The van der Waals surface area contributed by atoms with Gasteiger partial charge in [0.25, 0.3) is 5.91 Å². The van der Waals surface area contributed by atoms with Crippen molar-refractivity contribution in [3.05, 3.63) is 53.0 Å². The molecule has 0 unspecified atom stereocenters. The molecule has 0 saturated heterocycles. The summed E-state index contributed by atoms with van der Waals surface area (Å²) < 4.78 is 10.7. The number of nitrogens with zero attached hydrogens (tertiary/aromatic N) is 1. The quantitative estimate of drug-likeness (QED) is 0.886. The van der Waals surface area contributed by atoms with Crippen LogP contribution in [0, 0.1) is 0 Å². The Bertz CT molecular complexity index is 720. The number of furan rings is 1. The van der Waals surface area contributed by atoms with Crippen molar-refractivity contribution in [2.45, 2.75) is 19.9 Å². The first-order valence-electron chi connectivity index (χ1n) is 7.21. The maximum atomic E-state index is 12.5. The highest BCUT2D eigenvalue weighted by Crippen LogP contribution is 2.21. The van der Waals surface area contributed by atoms with Crippen LogP contribution in [0.5, 0.6) is 5.75 Å². The van der Waals surface area contributed by atoms with Crippen LogP contribution < -0.4 is 4.74 Å². The second kappa shape index (κ2) is 7.00. The monoisotopic (exact) mass is 317 g/mol. The van der Waals surface area contributed by atoms with Crippen molar-refractivity contribution >= 4 is 11.9 Å². The number of carbonyl (C=O) groups excluding carboxylic acids is 1. The molecule has 6 nitrogen and oxygen atoms in total. The van der Waals surface area contributed by atoms with Gasteiger partial charge in [0.1, 0.15) is 17.1 Å². The molecular formula is C17H19NO5. The lowest BCUT2D eigenvalue weighted by Crippen LogP contribution is -2.26. The molecule has 0 spiro atoms. The molecule has 23 heavy (non-hydrogen) atoms. The minimum absolute atomic E-state index is 0.0247. The van der Waals surface area contributed by atoms with Crippen molar-refractivity contribution < 1.29 is 23.8 Å². The molecule has 1 amide bonds. The lowest BCUT2D eigenvalue weighted by Gasteiger charge is -2.17. The fraction of sp³-hybridized carbons (Fsp3) is 0.294. The molecule has 0 radical (unpaired) electrons. The van der Waals surface area contributed by atoms with Crippen molar-refractivity contribution in [2.24, 2.45) is 0 Å². The van der Waals surface area contributed by atoms with Crippen molar-refractivity contribution in [1.29, 1.82) is 0 Å². The Morgan fingerprint density at radius 2 is 2.00 bits per heavy atom. The molecular weight excluding hydrogens is 298 g/mol. The van der Waals surface area contributed by atoms with E-state index < -0.39 is 5.97 Å².